The third kappa shape index (κ3) is 11.7. The van der Waals surface area contributed by atoms with E-state index in [1.807, 2.05) is 0 Å². The first-order valence-electron chi connectivity index (χ1n) is 22.0. The Morgan fingerprint density at radius 2 is 1.19 bits per heavy atom. The monoisotopic (exact) mass is 911 g/mol. The SMILES string of the molecule is CC(C)[Si](O[C@@H]1[C@@H](O)[C@H](C#CC#C[C@@H]2O[C@H](CO)[C@](O)(C#Cc3ccc([N+](=O)[O-])cc3)[C@H](O)[C@H]2O[Si](C(C)C)(C(C)C)C(C)C)[C@@H](CO)O[C@H]1C#C[Si](C)(C)C)(C(C)C)C(C)C. The quantitative estimate of drug-likeness (QED) is 0.0628. The van der Waals surface area contributed by atoms with Gasteiger partial charge in [-0.05, 0) is 57.2 Å². The summed E-state index contributed by atoms with van der Waals surface area (Å²) in [4.78, 5) is 10.7. The lowest BCUT2D eigenvalue weighted by Crippen LogP contribution is -2.69. The van der Waals surface area contributed by atoms with Crippen molar-refractivity contribution in [2.45, 2.75) is 190 Å². The summed E-state index contributed by atoms with van der Waals surface area (Å²) in [5, 5.41) is 68.7. The van der Waals surface area contributed by atoms with Crippen molar-refractivity contribution in [3.63, 3.8) is 0 Å². The van der Waals surface area contributed by atoms with Crippen molar-refractivity contribution in [1.29, 1.82) is 0 Å². The molecule has 10 atom stereocenters. The molecule has 2 aliphatic heterocycles. The van der Waals surface area contributed by atoms with Gasteiger partial charge in [-0.2, -0.15) is 0 Å². The first kappa shape index (κ1) is 53.5. The molecule has 2 saturated heterocycles. The normalized spacial score (nSPS) is 28.2. The average Bonchev–Trinajstić information content (AvgIpc) is 3.17. The van der Waals surface area contributed by atoms with Crippen LogP contribution in [0.5, 0.6) is 0 Å². The van der Waals surface area contributed by atoms with Crippen LogP contribution in [0.3, 0.4) is 0 Å². The van der Waals surface area contributed by atoms with Gasteiger partial charge in [0.25, 0.3) is 5.69 Å². The van der Waals surface area contributed by atoms with Gasteiger partial charge in [-0.1, -0.05) is 132 Å². The van der Waals surface area contributed by atoms with Crippen LogP contribution in [0, 0.1) is 63.0 Å². The second-order valence-corrected chi connectivity index (χ2v) is 35.3. The van der Waals surface area contributed by atoms with E-state index in [9.17, 15) is 35.6 Å². The van der Waals surface area contributed by atoms with Crippen molar-refractivity contribution in [2.24, 2.45) is 5.92 Å². The number of hydrogen-bond donors (Lipinski definition) is 5. The Bertz CT molecular complexity index is 1880. The van der Waals surface area contributed by atoms with E-state index in [0.29, 0.717) is 5.56 Å². The smallest absolute Gasteiger partial charge is 0.269 e. The molecule has 5 N–H and O–H groups in total. The van der Waals surface area contributed by atoms with Crippen molar-refractivity contribution < 1.29 is 48.8 Å². The largest absolute Gasteiger partial charge is 0.407 e. The van der Waals surface area contributed by atoms with Crippen molar-refractivity contribution in [3.05, 3.63) is 39.9 Å². The van der Waals surface area contributed by atoms with Crippen LogP contribution in [0.15, 0.2) is 24.3 Å². The molecule has 2 heterocycles. The number of non-ortho nitro benzene ring substituents is 1. The minimum Gasteiger partial charge on any atom is -0.407 e. The maximum Gasteiger partial charge on any atom is 0.269 e. The van der Waals surface area contributed by atoms with E-state index in [4.69, 9.17) is 18.3 Å². The molecule has 2 aliphatic rings. The molecule has 2 fully saturated rings. The molecule has 0 aromatic heterocycles. The minimum absolute atomic E-state index is 0.0689. The van der Waals surface area contributed by atoms with E-state index in [-0.39, 0.29) is 38.9 Å². The molecule has 1 aromatic carbocycles. The van der Waals surface area contributed by atoms with Crippen molar-refractivity contribution in [1.82, 2.24) is 0 Å². The molecule has 0 radical (unpaired) electrons. The Labute approximate surface area is 374 Å². The van der Waals surface area contributed by atoms with Gasteiger partial charge in [0, 0.05) is 17.7 Å². The molecule has 0 bridgehead atoms. The summed E-state index contributed by atoms with van der Waals surface area (Å²) < 4.78 is 27.0. The Balaban J connectivity index is 2.17. The zero-order valence-electron chi connectivity index (χ0n) is 39.5. The van der Waals surface area contributed by atoms with Gasteiger partial charge in [-0.25, -0.2) is 0 Å². The average molecular weight is 912 g/mol. The first-order chi connectivity index (χ1) is 28.7. The molecule has 15 heteroatoms. The highest BCUT2D eigenvalue weighted by molar-refractivity contribution is 6.84. The Hall–Kier alpha value is -2.85. The second-order valence-electron chi connectivity index (χ2n) is 19.7. The molecule has 0 aliphatic carbocycles. The minimum atomic E-state index is -2.80. The second kappa shape index (κ2) is 21.9. The Morgan fingerprint density at radius 1 is 0.726 bits per heavy atom. The molecule has 12 nitrogen and oxygen atoms in total. The van der Waals surface area contributed by atoms with E-state index < -0.39 is 103 Å². The van der Waals surface area contributed by atoms with Crippen molar-refractivity contribution in [3.8, 4) is 47.0 Å². The topological polar surface area (TPSA) is 181 Å². The Morgan fingerprint density at radius 3 is 1.63 bits per heavy atom. The summed E-state index contributed by atoms with van der Waals surface area (Å²) in [5.41, 5.74) is 2.09. The maximum atomic E-state index is 12.2. The molecule has 3 rings (SSSR count). The van der Waals surface area contributed by atoms with Gasteiger partial charge >= 0.3 is 0 Å². The lowest BCUT2D eigenvalue weighted by molar-refractivity contribution is -0.384. The predicted octanol–water partition coefficient (Wildman–Crippen LogP) is 6.54. The fourth-order valence-corrected chi connectivity index (χ4v) is 21.4. The van der Waals surface area contributed by atoms with Gasteiger partial charge in [0.05, 0.1) is 36.3 Å². The van der Waals surface area contributed by atoms with Gasteiger partial charge in [-0.3, -0.25) is 10.1 Å². The molecule has 62 heavy (non-hydrogen) atoms. The van der Waals surface area contributed by atoms with E-state index in [1.54, 1.807) is 0 Å². The summed E-state index contributed by atoms with van der Waals surface area (Å²) in [6.07, 6.45) is -9.28. The number of nitro groups is 1. The van der Waals surface area contributed by atoms with E-state index in [2.05, 4.69) is 150 Å². The number of nitrogens with zero attached hydrogens (tertiary/aromatic N) is 1. The summed E-state index contributed by atoms with van der Waals surface area (Å²) in [7, 11) is -7.24. The number of hydrogen-bond acceptors (Lipinski definition) is 11. The van der Waals surface area contributed by atoms with Crippen LogP contribution in [0.25, 0.3) is 0 Å². The molecule has 344 valence electrons. The summed E-state index contributed by atoms with van der Waals surface area (Å²) in [5.74, 6) is 19.6. The molecule has 1 aromatic rings. The van der Waals surface area contributed by atoms with Gasteiger partial charge in [0.1, 0.15) is 44.7 Å². The zero-order chi connectivity index (χ0) is 47.1. The fraction of sp³-hybridized carbons (Fsp3) is 0.702. The molecular weight excluding hydrogens is 839 g/mol. The maximum absolute atomic E-state index is 12.2. The highest BCUT2D eigenvalue weighted by atomic mass is 28.4. The third-order valence-corrected chi connectivity index (χ3v) is 25.7. The van der Waals surface area contributed by atoms with Crippen LogP contribution < -0.4 is 0 Å². The molecule has 0 amide bonds. The third-order valence-electron chi connectivity index (χ3n) is 12.6. The van der Waals surface area contributed by atoms with Gasteiger partial charge in [-0.15, -0.1) is 5.54 Å². The molecule has 0 unspecified atom stereocenters. The number of aliphatic hydroxyl groups excluding tert-OH is 4. The fourth-order valence-electron chi connectivity index (χ4n) is 9.72. The van der Waals surface area contributed by atoms with Crippen molar-refractivity contribution >= 4 is 30.4 Å². The van der Waals surface area contributed by atoms with E-state index >= 15 is 0 Å². The summed E-state index contributed by atoms with van der Waals surface area (Å²) in [6, 6.07) is 5.42. The highest BCUT2D eigenvalue weighted by Gasteiger charge is 2.58. The van der Waals surface area contributed by atoms with Gasteiger partial charge < -0.3 is 43.9 Å². The van der Waals surface area contributed by atoms with E-state index in [1.165, 1.54) is 24.3 Å². The molecular formula is C47H73NO11Si3. The van der Waals surface area contributed by atoms with Gasteiger partial charge in [0.15, 0.2) is 5.60 Å². The highest BCUT2D eigenvalue weighted by Crippen LogP contribution is 2.47. The lowest BCUT2D eigenvalue weighted by Gasteiger charge is -2.51. The molecule has 0 spiro atoms. The van der Waals surface area contributed by atoms with Crippen LogP contribution in [0.2, 0.25) is 52.9 Å². The number of aliphatic hydroxyl groups is 5. The summed E-state index contributed by atoms with van der Waals surface area (Å²) >= 11 is 0. The van der Waals surface area contributed by atoms with Crippen LogP contribution in [-0.4, -0.2) is 123 Å². The number of nitro benzene ring substituents is 1. The number of ether oxygens (including phenoxy) is 2. The predicted molar refractivity (Wildman–Crippen MR) is 250 cm³/mol. The summed E-state index contributed by atoms with van der Waals surface area (Å²) in [6.45, 7) is 30.7. The number of benzene rings is 1. The number of rotatable bonds is 13. The van der Waals surface area contributed by atoms with Crippen LogP contribution in [-0.2, 0) is 18.3 Å². The van der Waals surface area contributed by atoms with Crippen molar-refractivity contribution in [2.75, 3.05) is 13.2 Å². The van der Waals surface area contributed by atoms with Crippen LogP contribution in [0.1, 0.15) is 88.6 Å². The zero-order valence-corrected chi connectivity index (χ0v) is 42.5. The van der Waals surface area contributed by atoms with Crippen LogP contribution in [0.4, 0.5) is 5.69 Å². The lowest BCUT2D eigenvalue weighted by atomic mass is 9.82. The standard InChI is InChI=1S/C47H73NO11Si3/c1-30(2)61(31(3)4,32(5)6)58-44-40(25-27-60(13,14)15)56-41(28-49)38(43(44)51)18-16-17-19-39-45(59-62(33(7)8,34(9)10)35(11)12)46(52)47(53,42(29-50)57-39)26-24-36-20-22-37(23-21-36)48(54)55/h20-23,30-35,38-46,49-53H,28-29H2,1-15H3/t38-,39+,40+,41-,42-,43+,44+,45+,46-,47-/m1/s1. The van der Waals surface area contributed by atoms with E-state index in [0.717, 1.165) is 0 Å². The Kier molecular flexibility index (Phi) is 18.9. The molecule has 0 saturated carbocycles. The van der Waals surface area contributed by atoms with Crippen LogP contribution >= 0.6 is 0 Å². The van der Waals surface area contributed by atoms with Gasteiger partial charge in [0.2, 0.25) is 16.6 Å². The first-order valence-corrected chi connectivity index (χ1v) is 29.8.